The lowest BCUT2D eigenvalue weighted by Gasteiger charge is -2.44. The molecule has 3 aliphatic rings. The Morgan fingerprint density at radius 1 is 1.02 bits per heavy atom. The molecule has 0 aromatic heterocycles. The SMILES string of the molecule is CCC(=O)c1ccc(C2CC(O)(c3ccc(OCC4=C(C5CC5)ON[C@H]4c4c(Cl)cccc4CC)cc3Cl)C2)cc1. The zero-order chi connectivity index (χ0) is 28.7. The van der Waals surface area contributed by atoms with E-state index in [-0.39, 0.29) is 17.7 Å². The van der Waals surface area contributed by atoms with Crippen molar-refractivity contribution < 1.29 is 19.5 Å². The number of hydroxylamine groups is 1. The minimum absolute atomic E-state index is 0.137. The zero-order valence-corrected chi connectivity index (χ0v) is 24.9. The number of hydrogen-bond donors (Lipinski definition) is 2. The number of nitrogens with one attached hydrogen (secondary N) is 1. The van der Waals surface area contributed by atoms with Gasteiger partial charge in [-0.05, 0) is 72.9 Å². The molecule has 7 heteroatoms. The van der Waals surface area contributed by atoms with Crippen LogP contribution in [-0.4, -0.2) is 17.5 Å². The normalized spacial score (nSPS) is 23.7. The fourth-order valence-electron chi connectivity index (χ4n) is 6.17. The first-order valence-corrected chi connectivity index (χ1v) is 15.3. The summed E-state index contributed by atoms with van der Waals surface area (Å²) in [7, 11) is 0. The molecule has 0 unspecified atom stereocenters. The van der Waals surface area contributed by atoms with E-state index < -0.39 is 5.60 Å². The van der Waals surface area contributed by atoms with Gasteiger partial charge in [-0.2, -0.15) is 0 Å². The van der Waals surface area contributed by atoms with Crippen molar-refractivity contribution in [1.29, 1.82) is 0 Å². The van der Waals surface area contributed by atoms with Crippen molar-refractivity contribution in [3.05, 3.63) is 110 Å². The second-order valence-corrected chi connectivity index (χ2v) is 12.3. The van der Waals surface area contributed by atoms with Crippen molar-refractivity contribution in [2.75, 3.05) is 6.61 Å². The molecule has 6 rings (SSSR count). The molecular weight excluding hydrogens is 557 g/mol. The van der Waals surface area contributed by atoms with Crippen LogP contribution in [0.2, 0.25) is 10.0 Å². The Morgan fingerprint density at radius 3 is 2.44 bits per heavy atom. The van der Waals surface area contributed by atoms with Gasteiger partial charge < -0.3 is 14.7 Å². The van der Waals surface area contributed by atoms with Crippen LogP contribution in [0.3, 0.4) is 0 Å². The van der Waals surface area contributed by atoms with Crippen LogP contribution in [-0.2, 0) is 16.9 Å². The van der Waals surface area contributed by atoms with Crippen LogP contribution >= 0.6 is 23.2 Å². The van der Waals surface area contributed by atoms with Crippen LogP contribution < -0.4 is 10.2 Å². The fraction of sp³-hybridized carbons (Fsp3) is 0.382. The molecule has 2 saturated carbocycles. The monoisotopic (exact) mass is 591 g/mol. The van der Waals surface area contributed by atoms with Crippen LogP contribution in [0.1, 0.15) is 90.5 Å². The minimum atomic E-state index is -0.991. The highest BCUT2D eigenvalue weighted by Gasteiger charge is 2.46. The molecule has 3 aromatic rings. The number of Topliss-reactive ketones (excluding diaryl/α,β-unsaturated/α-hetero) is 1. The first-order chi connectivity index (χ1) is 19.8. The van der Waals surface area contributed by atoms with Gasteiger partial charge in [-0.3, -0.25) is 4.79 Å². The average Bonchev–Trinajstić information content (AvgIpc) is 3.73. The number of aliphatic hydroxyl groups is 1. The van der Waals surface area contributed by atoms with Crippen molar-refractivity contribution in [3.8, 4) is 5.75 Å². The molecule has 0 bridgehead atoms. The van der Waals surface area contributed by atoms with Crippen LogP contribution in [0.4, 0.5) is 0 Å². The number of allylic oxidation sites excluding steroid dienone is 1. The molecule has 3 aromatic carbocycles. The standard InChI is InChI=1S/C34H35Cl2NO4/c1-3-20-6-5-7-28(35)31(20)32-26(33(41-37-32)23-12-13-23)19-40-25-14-15-27(29(36)16-25)34(39)17-24(18-34)21-8-10-22(11-9-21)30(38)4-2/h5-11,14-16,23-24,32,37,39H,3-4,12-13,17-19H2,1-2H3/t24?,32-,34?/m1/s1. The molecule has 1 heterocycles. The van der Waals surface area contributed by atoms with Gasteiger partial charge in [0.05, 0.1) is 16.7 Å². The smallest absolute Gasteiger partial charge is 0.162 e. The van der Waals surface area contributed by atoms with Gasteiger partial charge in [0.15, 0.2) is 5.78 Å². The molecule has 1 atom stereocenters. The number of benzene rings is 3. The van der Waals surface area contributed by atoms with E-state index in [4.69, 9.17) is 32.8 Å². The van der Waals surface area contributed by atoms with E-state index in [1.54, 1.807) is 6.07 Å². The second kappa shape index (κ2) is 11.4. The maximum Gasteiger partial charge on any atom is 0.162 e. The van der Waals surface area contributed by atoms with Crippen molar-refractivity contribution >= 4 is 29.0 Å². The van der Waals surface area contributed by atoms with Crippen LogP contribution in [0.15, 0.2) is 72.0 Å². The second-order valence-electron chi connectivity index (χ2n) is 11.4. The number of ether oxygens (including phenoxy) is 1. The predicted molar refractivity (Wildman–Crippen MR) is 161 cm³/mol. The van der Waals surface area contributed by atoms with Gasteiger partial charge in [0.2, 0.25) is 0 Å². The quantitative estimate of drug-likeness (QED) is 0.232. The lowest BCUT2D eigenvalue weighted by Crippen LogP contribution is -2.40. The highest BCUT2D eigenvalue weighted by molar-refractivity contribution is 6.32. The summed E-state index contributed by atoms with van der Waals surface area (Å²) in [6.07, 6.45) is 4.73. The summed E-state index contributed by atoms with van der Waals surface area (Å²) in [6, 6.07) is 19.1. The zero-order valence-electron chi connectivity index (χ0n) is 23.4. The number of halogens is 2. The van der Waals surface area contributed by atoms with E-state index in [9.17, 15) is 9.90 Å². The van der Waals surface area contributed by atoms with Crippen LogP contribution in [0.5, 0.6) is 5.75 Å². The van der Waals surface area contributed by atoms with Gasteiger partial charge in [-0.25, -0.2) is 0 Å². The van der Waals surface area contributed by atoms with Crippen molar-refractivity contribution in [1.82, 2.24) is 5.48 Å². The Balaban J connectivity index is 1.15. The molecule has 2 fully saturated rings. The van der Waals surface area contributed by atoms with Gasteiger partial charge in [-0.1, -0.05) is 79.5 Å². The number of hydrogen-bond acceptors (Lipinski definition) is 5. The lowest BCUT2D eigenvalue weighted by molar-refractivity contribution is -0.0549. The van der Waals surface area contributed by atoms with Gasteiger partial charge >= 0.3 is 0 Å². The maximum absolute atomic E-state index is 11.9. The largest absolute Gasteiger partial charge is 0.489 e. The number of aryl methyl sites for hydroxylation is 1. The third-order valence-corrected chi connectivity index (χ3v) is 9.38. The Bertz CT molecular complexity index is 1490. The highest BCUT2D eigenvalue weighted by atomic mass is 35.5. The summed E-state index contributed by atoms with van der Waals surface area (Å²) in [6.45, 7) is 4.33. The molecule has 1 aliphatic heterocycles. The highest BCUT2D eigenvalue weighted by Crippen LogP contribution is 2.53. The predicted octanol–water partition coefficient (Wildman–Crippen LogP) is 8.23. The van der Waals surface area contributed by atoms with E-state index >= 15 is 0 Å². The summed E-state index contributed by atoms with van der Waals surface area (Å²) in [5, 5.41) is 12.6. The molecule has 0 spiro atoms. The van der Waals surface area contributed by atoms with Gasteiger partial charge in [0.1, 0.15) is 18.1 Å². The third kappa shape index (κ3) is 5.53. The van der Waals surface area contributed by atoms with E-state index in [2.05, 4.69) is 18.5 Å². The maximum atomic E-state index is 11.9. The average molecular weight is 593 g/mol. The molecule has 214 valence electrons. The minimum Gasteiger partial charge on any atom is -0.489 e. The number of carbonyl (C=O) groups is 1. The lowest BCUT2D eigenvalue weighted by atomic mass is 9.65. The Labute approximate surface area is 251 Å². The third-order valence-electron chi connectivity index (χ3n) is 8.74. The summed E-state index contributed by atoms with van der Waals surface area (Å²) in [5.41, 5.74) is 8.07. The molecule has 5 nitrogen and oxygen atoms in total. The topological polar surface area (TPSA) is 67.8 Å². The van der Waals surface area contributed by atoms with Gasteiger partial charge in [0.25, 0.3) is 0 Å². The molecule has 41 heavy (non-hydrogen) atoms. The molecule has 0 amide bonds. The summed E-state index contributed by atoms with van der Waals surface area (Å²) in [4.78, 5) is 17.9. The van der Waals surface area contributed by atoms with E-state index in [0.29, 0.717) is 53.1 Å². The Hall–Kier alpha value is -2.83. The molecule has 0 saturated heterocycles. The van der Waals surface area contributed by atoms with Crippen LogP contribution in [0.25, 0.3) is 0 Å². The van der Waals surface area contributed by atoms with E-state index in [1.807, 2.05) is 55.5 Å². The van der Waals surface area contributed by atoms with Gasteiger partial charge in [0, 0.05) is 34.1 Å². The molecule has 0 radical (unpaired) electrons. The summed E-state index contributed by atoms with van der Waals surface area (Å²) >= 11 is 13.4. The van der Waals surface area contributed by atoms with Crippen molar-refractivity contribution in [2.45, 2.75) is 69.9 Å². The van der Waals surface area contributed by atoms with Crippen molar-refractivity contribution in [2.24, 2.45) is 5.92 Å². The number of carbonyl (C=O) groups excluding carboxylic acids is 1. The first kappa shape index (κ1) is 28.3. The number of ketones is 1. The van der Waals surface area contributed by atoms with Gasteiger partial charge in [-0.15, -0.1) is 5.48 Å². The van der Waals surface area contributed by atoms with E-state index in [1.165, 1.54) is 5.56 Å². The summed E-state index contributed by atoms with van der Waals surface area (Å²) in [5.74, 6) is 2.36. The Morgan fingerprint density at radius 2 is 1.78 bits per heavy atom. The molecular formula is C34H35Cl2NO4. The molecule has 2 aliphatic carbocycles. The first-order valence-electron chi connectivity index (χ1n) is 14.5. The van der Waals surface area contributed by atoms with E-state index in [0.717, 1.165) is 47.3 Å². The van der Waals surface area contributed by atoms with Crippen molar-refractivity contribution in [3.63, 3.8) is 0 Å². The van der Waals surface area contributed by atoms with Crippen LogP contribution in [0, 0.1) is 5.92 Å². The fourth-order valence-corrected chi connectivity index (χ4v) is 6.82. The Kier molecular flexibility index (Phi) is 7.90. The molecule has 2 N–H and O–H groups in total. The summed E-state index contributed by atoms with van der Waals surface area (Å²) < 4.78 is 6.28. The number of rotatable bonds is 10.